The second-order valence-electron chi connectivity index (χ2n) is 7.94. The van der Waals surface area contributed by atoms with Crippen molar-refractivity contribution in [3.63, 3.8) is 0 Å². The molecule has 166 valence electrons. The fourth-order valence-corrected chi connectivity index (χ4v) is 3.48. The van der Waals surface area contributed by atoms with E-state index in [1.165, 1.54) is 0 Å². The Bertz CT molecular complexity index is 694. The van der Waals surface area contributed by atoms with E-state index in [0.29, 0.717) is 19.1 Å². The minimum absolute atomic E-state index is 0. The number of ether oxygens (including phenoxy) is 1. The first-order chi connectivity index (χ1) is 14.0. The number of carbonyl (C=O) groups is 1. The van der Waals surface area contributed by atoms with E-state index in [2.05, 4.69) is 18.7 Å². The fourth-order valence-electron chi connectivity index (χ4n) is 3.48. The van der Waals surface area contributed by atoms with Gasteiger partial charge in [0.15, 0.2) is 5.60 Å². The van der Waals surface area contributed by atoms with E-state index in [1.54, 1.807) is 4.90 Å². The van der Waals surface area contributed by atoms with Crippen LogP contribution in [0.5, 0.6) is 0 Å². The lowest BCUT2D eigenvalue weighted by Crippen LogP contribution is -2.50. The van der Waals surface area contributed by atoms with Crippen LogP contribution in [-0.4, -0.2) is 56.5 Å². The van der Waals surface area contributed by atoms with Gasteiger partial charge in [-0.1, -0.05) is 87.4 Å². The highest BCUT2D eigenvalue weighted by Crippen LogP contribution is 2.36. The normalized spacial score (nSPS) is 11.4. The Labute approximate surface area is 188 Å². The summed E-state index contributed by atoms with van der Waals surface area (Å²) in [5.41, 5.74) is 0.601. The molecule has 2 aromatic carbocycles. The molecule has 0 radical (unpaired) electrons. The molecule has 30 heavy (non-hydrogen) atoms. The molecule has 0 bridgehead atoms. The Kier molecular flexibility index (Phi) is 11.1. The molecule has 1 amide bonds. The van der Waals surface area contributed by atoms with Crippen LogP contribution in [0.1, 0.15) is 37.8 Å². The predicted molar refractivity (Wildman–Crippen MR) is 127 cm³/mol. The van der Waals surface area contributed by atoms with Gasteiger partial charge in [0.2, 0.25) is 0 Å². The second kappa shape index (κ2) is 12.7. The largest absolute Gasteiger partial charge is 0.355 e. The molecule has 0 saturated heterocycles. The molecule has 0 aromatic heterocycles. The summed E-state index contributed by atoms with van der Waals surface area (Å²) in [4.78, 5) is 17.8. The summed E-state index contributed by atoms with van der Waals surface area (Å²) in [6.07, 6.45) is 2.06. The summed E-state index contributed by atoms with van der Waals surface area (Å²) in [5.74, 6) is 0.393. The first-order valence-electron chi connectivity index (χ1n) is 10.6. The number of rotatable bonds is 11. The molecule has 0 heterocycles. The van der Waals surface area contributed by atoms with Crippen molar-refractivity contribution in [1.82, 2.24) is 9.80 Å². The summed E-state index contributed by atoms with van der Waals surface area (Å²) in [6, 6.07) is 19.8. The minimum atomic E-state index is -1.15. The lowest BCUT2D eigenvalue weighted by atomic mass is 9.84. The van der Waals surface area contributed by atoms with Gasteiger partial charge in [-0.3, -0.25) is 4.79 Å². The molecular formula is C25H37ClN2O2. The third kappa shape index (κ3) is 6.31. The Hall–Kier alpha value is -1.88. The third-order valence-corrected chi connectivity index (χ3v) is 5.58. The van der Waals surface area contributed by atoms with Gasteiger partial charge in [-0.2, -0.15) is 0 Å². The molecule has 4 nitrogen and oxygen atoms in total. The number of hydrogen-bond donors (Lipinski definition) is 0. The van der Waals surface area contributed by atoms with Crippen LogP contribution in [0, 0.1) is 5.92 Å². The summed E-state index contributed by atoms with van der Waals surface area (Å²) in [6.45, 7) is 6.34. The smallest absolute Gasteiger partial charge is 0.263 e. The average Bonchev–Trinajstić information content (AvgIpc) is 2.76. The van der Waals surface area contributed by atoms with Crippen LogP contribution < -0.4 is 0 Å². The molecule has 0 fully saturated rings. The summed E-state index contributed by atoms with van der Waals surface area (Å²) in [7, 11) is 5.90. The van der Waals surface area contributed by atoms with Gasteiger partial charge in [-0.25, -0.2) is 0 Å². The number of carbonyl (C=O) groups excluding carboxylic acids is 1. The van der Waals surface area contributed by atoms with Gasteiger partial charge in [-0.15, -0.1) is 12.4 Å². The van der Waals surface area contributed by atoms with Gasteiger partial charge in [0.1, 0.15) is 0 Å². The Morgan fingerprint density at radius 1 is 0.867 bits per heavy atom. The van der Waals surface area contributed by atoms with E-state index >= 15 is 0 Å². The van der Waals surface area contributed by atoms with Gasteiger partial charge in [0, 0.05) is 20.1 Å². The van der Waals surface area contributed by atoms with Crippen molar-refractivity contribution in [2.45, 2.75) is 32.3 Å². The van der Waals surface area contributed by atoms with Crippen LogP contribution in [0.4, 0.5) is 0 Å². The Morgan fingerprint density at radius 2 is 1.33 bits per heavy atom. The molecule has 0 aliphatic carbocycles. The highest BCUT2D eigenvalue weighted by molar-refractivity contribution is 5.90. The Morgan fingerprint density at radius 3 is 1.73 bits per heavy atom. The first kappa shape index (κ1) is 26.2. The summed E-state index contributed by atoms with van der Waals surface area (Å²) < 4.78 is 6.63. The zero-order chi connectivity index (χ0) is 21.3. The van der Waals surface area contributed by atoms with Crippen LogP contribution in [0.25, 0.3) is 0 Å². The summed E-state index contributed by atoms with van der Waals surface area (Å²) in [5, 5.41) is 0. The molecule has 0 saturated carbocycles. The number of likely N-dealkylation sites (N-methyl/N-ethyl adjacent to an activating group) is 2. The van der Waals surface area contributed by atoms with Crippen molar-refractivity contribution in [3.05, 3.63) is 71.8 Å². The molecule has 0 N–H and O–H groups in total. The molecule has 5 heteroatoms. The molecule has 2 aromatic rings. The maximum absolute atomic E-state index is 14.0. The van der Waals surface area contributed by atoms with Crippen molar-refractivity contribution >= 4 is 18.3 Å². The molecule has 2 rings (SSSR count). The quantitative estimate of drug-likeness (QED) is 0.510. The molecule has 0 spiro atoms. The topological polar surface area (TPSA) is 32.8 Å². The van der Waals surface area contributed by atoms with Crippen LogP contribution in [0.3, 0.4) is 0 Å². The molecule has 0 unspecified atom stereocenters. The van der Waals surface area contributed by atoms with E-state index in [0.717, 1.165) is 30.5 Å². The van der Waals surface area contributed by atoms with Crippen molar-refractivity contribution < 1.29 is 9.53 Å². The highest BCUT2D eigenvalue weighted by atomic mass is 35.5. The lowest BCUT2D eigenvalue weighted by molar-refractivity contribution is -0.155. The van der Waals surface area contributed by atoms with Gasteiger partial charge in [-0.05, 0) is 31.1 Å². The standard InChI is InChI=1S/C25H36N2O2.ClH/c1-6-21(7-2)20-29-25(22-14-10-8-11-15-22,23-16-12-9-13-17-23)24(28)27(5)19-18-26(3)4;/h8-17,21H,6-7,18-20H2,1-5H3;1H. The van der Waals surface area contributed by atoms with Crippen LogP contribution in [0.15, 0.2) is 60.7 Å². The SMILES string of the molecule is CCC(CC)COC(C(=O)N(C)CCN(C)C)(c1ccccc1)c1ccccc1.Cl. The van der Waals surface area contributed by atoms with E-state index in [1.807, 2.05) is 81.8 Å². The van der Waals surface area contributed by atoms with Gasteiger partial charge >= 0.3 is 0 Å². The summed E-state index contributed by atoms with van der Waals surface area (Å²) >= 11 is 0. The number of amides is 1. The molecular weight excluding hydrogens is 396 g/mol. The predicted octanol–water partition coefficient (Wildman–Crippen LogP) is 4.82. The first-order valence-corrected chi connectivity index (χ1v) is 10.6. The van der Waals surface area contributed by atoms with Gasteiger partial charge < -0.3 is 14.5 Å². The number of benzene rings is 2. The molecule has 0 aliphatic rings. The van der Waals surface area contributed by atoms with Gasteiger partial charge in [0.25, 0.3) is 5.91 Å². The van der Waals surface area contributed by atoms with Crippen LogP contribution >= 0.6 is 12.4 Å². The Balaban J connectivity index is 0.00000450. The van der Waals surface area contributed by atoms with Crippen molar-refractivity contribution in [1.29, 1.82) is 0 Å². The third-order valence-electron chi connectivity index (χ3n) is 5.58. The number of hydrogen-bond acceptors (Lipinski definition) is 3. The second-order valence-corrected chi connectivity index (χ2v) is 7.94. The van der Waals surface area contributed by atoms with Crippen molar-refractivity contribution in [2.24, 2.45) is 5.92 Å². The van der Waals surface area contributed by atoms with Crippen LogP contribution in [-0.2, 0) is 15.1 Å². The van der Waals surface area contributed by atoms with E-state index in [-0.39, 0.29) is 18.3 Å². The highest BCUT2D eigenvalue weighted by Gasteiger charge is 2.45. The maximum Gasteiger partial charge on any atom is 0.263 e. The molecule has 0 atom stereocenters. The minimum Gasteiger partial charge on any atom is -0.355 e. The lowest BCUT2D eigenvalue weighted by Gasteiger charge is -2.38. The molecule has 0 aliphatic heterocycles. The monoisotopic (exact) mass is 432 g/mol. The van der Waals surface area contributed by atoms with Gasteiger partial charge in [0.05, 0.1) is 6.61 Å². The number of halogens is 1. The van der Waals surface area contributed by atoms with Crippen molar-refractivity contribution in [2.75, 3.05) is 40.8 Å². The zero-order valence-electron chi connectivity index (χ0n) is 19.0. The van der Waals surface area contributed by atoms with Crippen molar-refractivity contribution in [3.8, 4) is 0 Å². The fraction of sp³-hybridized carbons (Fsp3) is 0.480. The van der Waals surface area contributed by atoms with Crippen LogP contribution in [0.2, 0.25) is 0 Å². The zero-order valence-corrected chi connectivity index (χ0v) is 19.8. The van der Waals surface area contributed by atoms with E-state index in [4.69, 9.17) is 4.74 Å². The number of nitrogens with zero attached hydrogens (tertiary/aromatic N) is 2. The average molecular weight is 433 g/mol. The van der Waals surface area contributed by atoms with E-state index < -0.39 is 5.60 Å². The van der Waals surface area contributed by atoms with E-state index in [9.17, 15) is 4.79 Å². The maximum atomic E-state index is 14.0.